The molecule has 0 aromatic heterocycles. The van der Waals surface area contributed by atoms with E-state index < -0.39 is 0 Å². The van der Waals surface area contributed by atoms with E-state index >= 15 is 0 Å². The van der Waals surface area contributed by atoms with E-state index in [0.717, 1.165) is 18.2 Å². The largest absolute Gasteiger partial charge is 0.496 e. The van der Waals surface area contributed by atoms with E-state index in [-0.39, 0.29) is 12.1 Å². The average Bonchev–Trinajstić information content (AvgIpc) is 2.42. The van der Waals surface area contributed by atoms with Crippen LogP contribution in [0.2, 0.25) is 0 Å². The fraction of sp³-hybridized carbons (Fsp3) is 0.647. The molecule has 1 aliphatic heterocycles. The molecular weight excluding hydrogens is 248 g/mol. The molecule has 2 N–H and O–H groups in total. The topological polar surface area (TPSA) is 38.5 Å². The standard InChI is InChI=1S/C17H28N2O/c1-12-9-10-19(13(2)11-12)17(14(3)18)15-7-5-6-8-16(15)20-4/h5-8,12-14,17H,9-11,18H2,1-4H3. The van der Waals surface area contributed by atoms with Gasteiger partial charge in [-0.1, -0.05) is 25.1 Å². The highest BCUT2D eigenvalue weighted by molar-refractivity contribution is 5.37. The van der Waals surface area contributed by atoms with Crippen LogP contribution in [0.4, 0.5) is 0 Å². The SMILES string of the molecule is COc1ccccc1C(C(C)N)N1CCC(C)CC1C. The Morgan fingerprint density at radius 2 is 2.00 bits per heavy atom. The molecule has 4 unspecified atom stereocenters. The monoisotopic (exact) mass is 276 g/mol. The Bertz CT molecular complexity index is 433. The number of likely N-dealkylation sites (tertiary alicyclic amines) is 1. The summed E-state index contributed by atoms with van der Waals surface area (Å²) >= 11 is 0. The van der Waals surface area contributed by atoms with Crippen molar-refractivity contribution in [2.75, 3.05) is 13.7 Å². The maximum atomic E-state index is 6.32. The third-order valence-corrected chi connectivity index (χ3v) is 4.50. The lowest BCUT2D eigenvalue weighted by molar-refractivity contribution is 0.0696. The molecule has 112 valence electrons. The van der Waals surface area contributed by atoms with Crippen molar-refractivity contribution in [3.8, 4) is 5.75 Å². The Hall–Kier alpha value is -1.06. The van der Waals surface area contributed by atoms with Crippen LogP contribution >= 0.6 is 0 Å². The van der Waals surface area contributed by atoms with E-state index in [0.29, 0.717) is 6.04 Å². The highest BCUT2D eigenvalue weighted by atomic mass is 16.5. The van der Waals surface area contributed by atoms with E-state index in [2.05, 4.69) is 37.8 Å². The van der Waals surface area contributed by atoms with Crippen LogP contribution in [0.5, 0.6) is 5.75 Å². The molecule has 3 heteroatoms. The lowest BCUT2D eigenvalue weighted by atomic mass is 9.88. The quantitative estimate of drug-likeness (QED) is 0.917. The first-order valence-electron chi connectivity index (χ1n) is 7.68. The van der Waals surface area contributed by atoms with Crippen LogP contribution in [0.1, 0.15) is 45.2 Å². The van der Waals surface area contributed by atoms with E-state index in [4.69, 9.17) is 10.5 Å². The Kier molecular flexibility index (Phi) is 5.06. The molecule has 4 atom stereocenters. The number of rotatable bonds is 4. The van der Waals surface area contributed by atoms with Gasteiger partial charge in [-0.25, -0.2) is 0 Å². The summed E-state index contributed by atoms with van der Waals surface area (Å²) in [5.74, 6) is 1.76. The second-order valence-corrected chi connectivity index (χ2v) is 6.26. The van der Waals surface area contributed by atoms with Crippen molar-refractivity contribution in [1.29, 1.82) is 0 Å². The van der Waals surface area contributed by atoms with E-state index in [1.807, 2.05) is 12.1 Å². The van der Waals surface area contributed by atoms with Crippen molar-refractivity contribution in [3.05, 3.63) is 29.8 Å². The number of para-hydroxylation sites is 1. The molecule has 1 aromatic rings. The summed E-state index contributed by atoms with van der Waals surface area (Å²) in [5, 5.41) is 0. The molecule has 0 spiro atoms. The fourth-order valence-electron chi connectivity index (χ4n) is 3.51. The van der Waals surface area contributed by atoms with Gasteiger partial charge in [0.15, 0.2) is 0 Å². The highest BCUT2D eigenvalue weighted by Gasteiger charge is 2.33. The number of hydrogen-bond acceptors (Lipinski definition) is 3. The van der Waals surface area contributed by atoms with Gasteiger partial charge in [-0.15, -0.1) is 0 Å². The first-order valence-corrected chi connectivity index (χ1v) is 7.68. The summed E-state index contributed by atoms with van der Waals surface area (Å²) in [4.78, 5) is 2.56. The summed E-state index contributed by atoms with van der Waals surface area (Å²) < 4.78 is 5.54. The normalized spacial score (nSPS) is 27.1. The summed E-state index contributed by atoms with van der Waals surface area (Å²) in [6, 6.07) is 9.15. The first-order chi connectivity index (χ1) is 9.54. The van der Waals surface area contributed by atoms with Crippen LogP contribution in [0.3, 0.4) is 0 Å². The van der Waals surface area contributed by atoms with Gasteiger partial charge in [-0.3, -0.25) is 4.90 Å². The minimum absolute atomic E-state index is 0.0853. The zero-order chi connectivity index (χ0) is 14.7. The molecule has 0 aliphatic carbocycles. The van der Waals surface area contributed by atoms with Crippen molar-refractivity contribution < 1.29 is 4.74 Å². The van der Waals surface area contributed by atoms with Gasteiger partial charge in [-0.2, -0.15) is 0 Å². The van der Waals surface area contributed by atoms with Crippen molar-refractivity contribution in [1.82, 2.24) is 4.90 Å². The Balaban J connectivity index is 2.31. The van der Waals surface area contributed by atoms with Crippen LogP contribution < -0.4 is 10.5 Å². The lowest BCUT2D eigenvalue weighted by Gasteiger charge is -2.43. The van der Waals surface area contributed by atoms with Gasteiger partial charge in [-0.05, 0) is 45.2 Å². The highest BCUT2D eigenvalue weighted by Crippen LogP contribution is 2.36. The minimum atomic E-state index is 0.0853. The molecule has 20 heavy (non-hydrogen) atoms. The van der Waals surface area contributed by atoms with E-state index in [1.54, 1.807) is 7.11 Å². The lowest BCUT2D eigenvalue weighted by Crippen LogP contribution is -2.48. The van der Waals surface area contributed by atoms with Gasteiger partial charge in [0.25, 0.3) is 0 Å². The van der Waals surface area contributed by atoms with Gasteiger partial charge in [0, 0.05) is 17.6 Å². The Morgan fingerprint density at radius 1 is 1.30 bits per heavy atom. The number of piperidine rings is 1. The average molecular weight is 276 g/mol. The maximum Gasteiger partial charge on any atom is 0.123 e. The van der Waals surface area contributed by atoms with Crippen molar-refractivity contribution in [2.24, 2.45) is 11.7 Å². The number of methoxy groups -OCH3 is 1. The van der Waals surface area contributed by atoms with Gasteiger partial charge < -0.3 is 10.5 Å². The van der Waals surface area contributed by atoms with Gasteiger partial charge in [0.2, 0.25) is 0 Å². The molecule has 0 radical (unpaired) electrons. The molecule has 0 amide bonds. The van der Waals surface area contributed by atoms with Crippen LogP contribution in [-0.4, -0.2) is 30.6 Å². The minimum Gasteiger partial charge on any atom is -0.496 e. The number of benzene rings is 1. The van der Waals surface area contributed by atoms with E-state index in [1.165, 1.54) is 18.4 Å². The zero-order valence-corrected chi connectivity index (χ0v) is 13.2. The van der Waals surface area contributed by atoms with Crippen LogP contribution in [0, 0.1) is 5.92 Å². The second kappa shape index (κ2) is 6.59. The van der Waals surface area contributed by atoms with Gasteiger partial charge >= 0.3 is 0 Å². The van der Waals surface area contributed by atoms with Gasteiger partial charge in [0.1, 0.15) is 5.75 Å². The molecule has 1 aromatic carbocycles. The first kappa shape index (κ1) is 15.3. The number of nitrogens with two attached hydrogens (primary N) is 1. The number of nitrogens with zero attached hydrogens (tertiary/aromatic N) is 1. The van der Waals surface area contributed by atoms with Gasteiger partial charge in [0.05, 0.1) is 13.2 Å². The second-order valence-electron chi connectivity index (χ2n) is 6.26. The Labute approximate surface area is 123 Å². The molecule has 1 aliphatic rings. The Morgan fingerprint density at radius 3 is 2.60 bits per heavy atom. The number of ether oxygens (including phenoxy) is 1. The molecule has 1 heterocycles. The molecule has 2 rings (SSSR count). The molecule has 0 saturated carbocycles. The fourth-order valence-corrected chi connectivity index (χ4v) is 3.51. The summed E-state index contributed by atoms with van der Waals surface area (Å²) in [5.41, 5.74) is 7.54. The molecule has 1 saturated heterocycles. The summed E-state index contributed by atoms with van der Waals surface area (Å²) in [6.45, 7) is 7.88. The predicted octanol–water partition coefficient (Wildman–Crippen LogP) is 3.20. The van der Waals surface area contributed by atoms with Crippen LogP contribution in [0.15, 0.2) is 24.3 Å². The third-order valence-electron chi connectivity index (χ3n) is 4.50. The molecular formula is C17H28N2O. The molecule has 0 bridgehead atoms. The summed E-state index contributed by atoms with van der Waals surface area (Å²) in [6.07, 6.45) is 2.50. The van der Waals surface area contributed by atoms with E-state index in [9.17, 15) is 0 Å². The van der Waals surface area contributed by atoms with Crippen LogP contribution in [0.25, 0.3) is 0 Å². The zero-order valence-electron chi connectivity index (χ0n) is 13.2. The molecule has 1 fully saturated rings. The number of hydrogen-bond donors (Lipinski definition) is 1. The van der Waals surface area contributed by atoms with Crippen LogP contribution in [-0.2, 0) is 0 Å². The molecule has 3 nitrogen and oxygen atoms in total. The smallest absolute Gasteiger partial charge is 0.123 e. The summed E-state index contributed by atoms with van der Waals surface area (Å²) in [7, 11) is 1.73. The third kappa shape index (κ3) is 3.15. The maximum absolute atomic E-state index is 6.32. The van der Waals surface area contributed by atoms with Crippen molar-refractivity contribution in [3.63, 3.8) is 0 Å². The predicted molar refractivity (Wildman–Crippen MR) is 84.0 cm³/mol. The van der Waals surface area contributed by atoms with Crippen molar-refractivity contribution in [2.45, 2.75) is 51.7 Å². The van der Waals surface area contributed by atoms with Crippen molar-refractivity contribution >= 4 is 0 Å².